The predicted molar refractivity (Wildman–Crippen MR) is 97.0 cm³/mol. The quantitative estimate of drug-likeness (QED) is 0.659. The number of hydrogen-bond acceptors (Lipinski definition) is 6. The molecule has 0 aliphatic rings. The zero-order chi connectivity index (χ0) is 17.7. The van der Waals surface area contributed by atoms with Crippen LogP contribution in [0.2, 0.25) is 0 Å². The molecule has 0 amide bonds. The van der Waals surface area contributed by atoms with Crippen LogP contribution in [-0.2, 0) is 19.9 Å². The van der Waals surface area contributed by atoms with E-state index >= 15 is 0 Å². The Balaban J connectivity index is 0.00000529. The number of halogens is 1. The summed E-state index contributed by atoms with van der Waals surface area (Å²) in [7, 11) is -5.22. The Morgan fingerprint density at radius 3 is 2.17 bits per heavy atom. The van der Waals surface area contributed by atoms with Gasteiger partial charge < -0.3 is 10.5 Å². The Morgan fingerprint density at radius 2 is 1.71 bits per heavy atom. The van der Waals surface area contributed by atoms with Crippen molar-refractivity contribution in [1.82, 2.24) is 4.31 Å². The zero-order valence-electron chi connectivity index (χ0n) is 14.0. The highest BCUT2D eigenvalue weighted by molar-refractivity contribution is 7.91. The molecule has 7 nitrogen and oxygen atoms in total. The Kier molecular flexibility index (Phi) is 9.22. The molecule has 1 atom stereocenters. The van der Waals surface area contributed by atoms with Crippen LogP contribution in [0, 0.1) is 0 Å². The van der Waals surface area contributed by atoms with Crippen molar-refractivity contribution in [3.05, 3.63) is 24.3 Å². The van der Waals surface area contributed by atoms with Crippen LogP contribution in [0.25, 0.3) is 0 Å². The summed E-state index contributed by atoms with van der Waals surface area (Å²) in [5.41, 5.74) is 5.50. The molecule has 1 rings (SSSR count). The summed E-state index contributed by atoms with van der Waals surface area (Å²) in [6, 6.07) is 5.56. The minimum absolute atomic E-state index is 0. The summed E-state index contributed by atoms with van der Waals surface area (Å²) >= 11 is 0. The minimum atomic E-state index is -3.61. The second kappa shape index (κ2) is 9.57. The number of benzene rings is 1. The third kappa shape index (κ3) is 6.21. The fourth-order valence-electron chi connectivity index (χ4n) is 1.69. The Bertz CT molecular complexity index is 705. The van der Waals surface area contributed by atoms with Crippen LogP contribution in [-0.4, -0.2) is 58.9 Å². The molecule has 10 heteroatoms. The second-order valence-corrected chi connectivity index (χ2v) is 9.63. The van der Waals surface area contributed by atoms with E-state index in [4.69, 9.17) is 10.5 Å². The lowest BCUT2D eigenvalue weighted by atomic mass is 10.3. The van der Waals surface area contributed by atoms with E-state index < -0.39 is 19.9 Å². The monoisotopic (exact) mass is 400 g/mol. The van der Waals surface area contributed by atoms with E-state index in [2.05, 4.69) is 0 Å². The van der Waals surface area contributed by atoms with E-state index in [9.17, 15) is 16.8 Å². The van der Waals surface area contributed by atoms with Gasteiger partial charge in [-0.2, -0.15) is 4.31 Å². The summed E-state index contributed by atoms with van der Waals surface area (Å²) in [6.07, 6.45) is 0. The first-order valence-corrected chi connectivity index (χ1v) is 10.5. The third-order valence-corrected chi connectivity index (χ3v) is 7.22. The lowest BCUT2D eigenvalue weighted by molar-refractivity contribution is 0.340. The molecule has 0 spiro atoms. The normalized spacial score (nSPS) is 13.4. The Morgan fingerprint density at radius 1 is 1.17 bits per heavy atom. The van der Waals surface area contributed by atoms with Crippen molar-refractivity contribution in [1.29, 1.82) is 0 Å². The van der Waals surface area contributed by atoms with Crippen molar-refractivity contribution in [3.8, 4) is 5.75 Å². The second-order valence-electron chi connectivity index (χ2n) is 5.16. The first-order valence-electron chi connectivity index (χ1n) is 7.25. The standard InChI is InChI=1S/C14H24N2O5S2.ClH/c1-4-22(17,18)10-9-21-13-5-7-14(8-6-13)23(19,20)16(3)12(2)11-15;/h5-8,12H,4,9-11,15H2,1-3H3;1H. The van der Waals surface area contributed by atoms with Crippen LogP contribution in [0.4, 0.5) is 0 Å². The van der Waals surface area contributed by atoms with Crippen molar-refractivity contribution < 1.29 is 21.6 Å². The van der Waals surface area contributed by atoms with Crippen LogP contribution in [0.1, 0.15) is 13.8 Å². The summed E-state index contributed by atoms with van der Waals surface area (Å²) in [5, 5.41) is 0. The fraction of sp³-hybridized carbons (Fsp3) is 0.571. The van der Waals surface area contributed by atoms with E-state index in [1.165, 1.54) is 35.6 Å². The molecule has 0 heterocycles. The molecule has 0 saturated heterocycles. The highest BCUT2D eigenvalue weighted by atomic mass is 35.5. The van der Waals surface area contributed by atoms with Crippen molar-refractivity contribution in [2.24, 2.45) is 5.73 Å². The molecule has 0 aromatic heterocycles. The van der Waals surface area contributed by atoms with E-state index in [1.807, 2.05) is 0 Å². The molecule has 1 aromatic rings. The largest absolute Gasteiger partial charge is 0.493 e. The number of nitrogens with two attached hydrogens (primary N) is 1. The first kappa shape index (κ1) is 23.1. The van der Waals surface area contributed by atoms with E-state index in [-0.39, 0.29) is 48.0 Å². The number of sulfone groups is 1. The summed E-state index contributed by atoms with van der Waals surface area (Å²) in [6.45, 7) is 3.56. The average Bonchev–Trinajstić information content (AvgIpc) is 2.53. The van der Waals surface area contributed by atoms with Crippen LogP contribution in [0.3, 0.4) is 0 Å². The highest BCUT2D eigenvalue weighted by Gasteiger charge is 2.24. The van der Waals surface area contributed by atoms with Gasteiger partial charge in [0.1, 0.15) is 12.4 Å². The molecule has 0 bridgehead atoms. The molecule has 0 fully saturated rings. The zero-order valence-corrected chi connectivity index (χ0v) is 16.5. The molecule has 2 N–H and O–H groups in total. The van der Waals surface area contributed by atoms with Gasteiger partial charge in [-0.3, -0.25) is 0 Å². The maximum atomic E-state index is 12.4. The molecule has 1 unspecified atom stereocenters. The number of nitrogens with zero attached hydrogens (tertiary/aromatic N) is 1. The average molecular weight is 401 g/mol. The third-order valence-electron chi connectivity index (χ3n) is 3.57. The van der Waals surface area contributed by atoms with Gasteiger partial charge in [-0.15, -0.1) is 12.4 Å². The number of ether oxygens (including phenoxy) is 1. The number of hydrogen-bond donors (Lipinski definition) is 1. The highest BCUT2D eigenvalue weighted by Crippen LogP contribution is 2.20. The van der Waals surface area contributed by atoms with Crippen LogP contribution >= 0.6 is 12.4 Å². The lowest BCUT2D eigenvalue weighted by Crippen LogP contribution is -2.39. The van der Waals surface area contributed by atoms with Gasteiger partial charge in [0.25, 0.3) is 0 Å². The number of sulfonamides is 1. The van der Waals surface area contributed by atoms with Crippen molar-refractivity contribution in [2.45, 2.75) is 24.8 Å². The van der Waals surface area contributed by atoms with Gasteiger partial charge in [0, 0.05) is 25.4 Å². The van der Waals surface area contributed by atoms with E-state index in [0.29, 0.717) is 5.75 Å². The maximum absolute atomic E-state index is 12.4. The van der Waals surface area contributed by atoms with Crippen molar-refractivity contribution >= 4 is 32.3 Å². The molecule has 1 aromatic carbocycles. The smallest absolute Gasteiger partial charge is 0.243 e. The van der Waals surface area contributed by atoms with E-state index in [0.717, 1.165) is 0 Å². The molecule has 0 radical (unpaired) electrons. The molecule has 0 aliphatic carbocycles. The summed E-state index contributed by atoms with van der Waals surface area (Å²) < 4.78 is 54.0. The number of rotatable bonds is 9. The predicted octanol–water partition coefficient (Wildman–Crippen LogP) is 0.890. The van der Waals surface area contributed by atoms with Gasteiger partial charge in [0.15, 0.2) is 9.84 Å². The van der Waals surface area contributed by atoms with E-state index in [1.54, 1.807) is 13.8 Å². The fourth-order valence-corrected chi connectivity index (χ4v) is 3.69. The molecule has 0 saturated carbocycles. The summed E-state index contributed by atoms with van der Waals surface area (Å²) in [5.74, 6) is 0.421. The number of likely N-dealkylation sites (N-methyl/N-ethyl adjacent to an activating group) is 1. The van der Waals surface area contributed by atoms with Crippen LogP contribution in [0.5, 0.6) is 5.75 Å². The first-order chi connectivity index (χ1) is 10.6. The Hall–Kier alpha value is -0.870. The van der Waals surface area contributed by atoms with Gasteiger partial charge in [-0.1, -0.05) is 6.92 Å². The lowest BCUT2D eigenvalue weighted by Gasteiger charge is -2.23. The topological polar surface area (TPSA) is 107 Å². The van der Waals surface area contributed by atoms with Gasteiger partial charge >= 0.3 is 0 Å². The SMILES string of the molecule is CCS(=O)(=O)CCOc1ccc(S(=O)(=O)N(C)C(C)CN)cc1.Cl. The van der Waals surface area contributed by atoms with Crippen LogP contribution in [0.15, 0.2) is 29.2 Å². The maximum Gasteiger partial charge on any atom is 0.243 e. The van der Waals surface area contributed by atoms with Crippen molar-refractivity contribution in [3.63, 3.8) is 0 Å². The molecular weight excluding hydrogens is 376 g/mol. The van der Waals surface area contributed by atoms with Gasteiger partial charge in [0.05, 0.1) is 10.6 Å². The van der Waals surface area contributed by atoms with Gasteiger partial charge in [-0.05, 0) is 31.2 Å². The van der Waals surface area contributed by atoms with Crippen molar-refractivity contribution in [2.75, 3.05) is 31.7 Å². The van der Waals surface area contributed by atoms with Gasteiger partial charge in [-0.25, -0.2) is 16.8 Å². The molecular formula is C14H25ClN2O5S2. The molecule has 24 heavy (non-hydrogen) atoms. The van der Waals surface area contributed by atoms with Gasteiger partial charge in [0.2, 0.25) is 10.0 Å². The minimum Gasteiger partial charge on any atom is -0.493 e. The van der Waals surface area contributed by atoms with Crippen LogP contribution < -0.4 is 10.5 Å². The molecule has 0 aliphatic heterocycles. The Labute approximate surface area is 150 Å². The summed E-state index contributed by atoms with van der Waals surface area (Å²) in [4.78, 5) is 0.133. The molecule has 140 valence electrons.